The third-order valence-electron chi connectivity index (χ3n) is 5.68. The van der Waals surface area contributed by atoms with Crippen molar-refractivity contribution in [2.24, 2.45) is 5.10 Å². The van der Waals surface area contributed by atoms with Crippen molar-refractivity contribution in [3.05, 3.63) is 94.5 Å². The van der Waals surface area contributed by atoms with Gasteiger partial charge in [-0.1, -0.05) is 42.5 Å². The van der Waals surface area contributed by atoms with Crippen molar-refractivity contribution in [2.75, 3.05) is 11.1 Å². The highest BCUT2D eigenvalue weighted by Crippen LogP contribution is 2.29. The van der Waals surface area contributed by atoms with Crippen LogP contribution in [0.15, 0.2) is 71.8 Å². The molecule has 2 aromatic heterocycles. The first-order chi connectivity index (χ1) is 16.4. The number of anilines is 2. The predicted octanol–water partition coefficient (Wildman–Crippen LogP) is 5.23. The van der Waals surface area contributed by atoms with E-state index in [-0.39, 0.29) is 17.3 Å². The van der Waals surface area contributed by atoms with Crippen LogP contribution in [0.2, 0.25) is 0 Å². The van der Waals surface area contributed by atoms with Crippen molar-refractivity contribution in [1.29, 1.82) is 0 Å². The van der Waals surface area contributed by atoms with Crippen molar-refractivity contribution >= 4 is 45.8 Å². The van der Waals surface area contributed by atoms with Crippen molar-refractivity contribution < 1.29 is 4.79 Å². The van der Waals surface area contributed by atoms with Gasteiger partial charge in [0, 0.05) is 5.69 Å². The fourth-order valence-electron chi connectivity index (χ4n) is 4.08. The summed E-state index contributed by atoms with van der Waals surface area (Å²) in [5, 5.41) is 7.56. The summed E-state index contributed by atoms with van der Waals surface area (Å²) >= 11 is 0. The predicted molar refractivity (Wildman–Crippen MR) is 137 cm³/mol. The third kappa shape index (κ3) is 3.88. The van der Waals surface area contributed by atoms with Gasteiger partial charge in [0.15, 0.2) is 5.65 Å². The molecule has 5 aromatic rings. The van der Waals surface area contributed by atoms with Crippen LogP contribution < -0.4 is 11.1 Å². The summed E-state index contributed by atoms with van der Waals surface area (Å²) in [6.45, 7) is 5.98. The molecule has 3 N–H and O–H groups in total. The summed E-state index contributed by atoms with van der Waals surface area (Å²) < 4.78 is 1.48. The van der Waals surface area contributed by atoms with E-state index in [2.05, 4.69) is 10.4 Å². The second-order valence-corrected chi connectivity index (χ2v) is 8.39. The second-order valence-electron chi connectivity index (χ2n) is 8.39. The molecule has 0 saturated heterocycles. The number of amides is 1. The first kappa shape index (κ1) is 21.3. The molecule has 1 amide bonds. The zero-order chi connectivity index (χ0) is 23.8. The van der Waals surface area contributed by atoms with Crippen LogP contribution in [0.3, 0.4) is 0 Å². The molecular formula is C27H24N6O. The van der Waals surface area contributed by atoms with Gasteiger partial charge in [0.1, 0.15) is 16.9 Å². The minimum absolute atomic E-state index is 0.178. The lowest BCUT2D eigenvalue weighted by atomic mass is 10.1. The Morgan fingerprint density at radius 2 is 1.59 bits per heavy atom. The molecule has 0 radical (unpaired) electrons. The number of carbonyl (C=O) groups excluding carboxylic acids is 1. The molecule has 0 bridgehead atoms. The van der Waals surface area contributed by atoms with Crippen LogP contribution >= 0.6 is 0 Å². The molecule has 0 unspecified atom stereocenters. The quantitative estimate of drug-likeness (QED) is 0.368. The van der Waals surface area contributed by atoms with E-state index in [1.807, 2.05) is 87.5 Å². The van der Waals surface area contributed by atoms with E-state index < -0.39 is 0 Å². The van der Waals surface area contributed by atoms with Crippen LogP contribution in [-0.2, 0) is 0 Å². The van der Waals surface area contributed by atoms with Crippen LogP contribution in [0, 0.1) is 20.8 Å². The monoisotopic (exact) mass is 448 g/mol. The molecule has 0 saturated carbocycles. The minimum Gasteiger partial charge on any atom is -0.383 e. The van der Waals surface area contributed by atoms with Gasteiger partial charge in [0.05, 0.1) is 17.2 Å². The molecule has 7 nitrogen and oxygen atoms in total. The van der Waals surface area contributed by atoms with E-state index >= 15 is 0 Å². The molecule has 34 heavy (non-hydrogen) atoms. The number of hydrogen-bond donors (Lipinski definition) is 2. The molecule has 0 fully saturated rings. The number of para-hydroxylation sites is 2. The maximum absolute atomic E-state index is 13.4. The number of fused-ring (bicyclic) bond motifs is 2. The number of nitrogens with zero attached hydrogens (tertiary/aromatic N) is 4. The number of nitrogen functional groups attached to an aromatic ring is 1. The minimum atomic E-state index is -0.359. The van der Waals surface area contributed by atoms with Gasteiger partial charge in [0.25, 0.3) is 5.91 Å². The van der Waals surface area contributed by atoms with Gasteiger partial charge in [-0.3, -0.25) is 4.79 Å². The van der Waals surface area contributed by atoms with Crippen molar-refractivity contribution in [3.8, 4) is 0 Å². The van der Waals surface area contributed by atoms with Crippen molar-refractivity contribution in [1.82, 2.24) is 14.6 Å². The highest BCUT2D eigenvalue weighted by molar-refractivity contribution is 6.16. The maximum Gasteiger partial charge on any atom is 0.261 e. The lowest BCUT2D eigenvalue weighted by Gasteiger charge is -2.08. The summed E-state index contributed by atoms with van der Waals surface area (Å²) in [7, 11) is 0. The van der Waals surface area contributed by atoms with Gasteiger partial charge in [0.2, 0.25) is 0 Å². The lowest BCUT2D eigenvalue weighted by Crippen LogP contribution is -2.14. The topological polar surface area (TPSA) is 98.2 Å². The largest absolute Gasteiger partial charge is 0.383 e. The van der Waals surface area contributed by atoms with Gasteiger partial charge in [-0.05, 0) is 67.3 Å². The highest BCUT2D eigenvalue weighted by atomic mass is 16.1. The van der Waals surface area contributed by atoms with Gasteiger partial charge in [-0.2, -0.15) is 9.78 Å². The van der Waals surface area contributed by atoms with Crippen LogP contribution in [0.1, 0.15) is 32.6 Å². The maximum atomic E-state index is 13.4. The molecular weight excluding hydrogens is 424 g/mol. The number of hydrogen-bond acceptors (Lipinski definition) is 5. The molecule has 168 valence electrons. The average molecular weight is 449 g/mol. The number of aryl methyl sites for hydroxylation is 3. The third-order valence-corrected chi connectivity index (χ3v) is 5.68. The van der Waals surface area contributed by atoms with Gasteiger partial charge < -0.3 is 11.1 Å². The smallest absolute Gasteiger partial charge is 0.261 e. The van der Waals surface area contributed by atoms with E-state index in [9.17, 15) is 4.79 Å². The number of aromatic nitrogens is 3. The van der Waals surface area contributed by atoms with Crippen LogP contribution in [0.25, 0.3) is 22.2 Å². The van der Waals surface area contributed by atoms with Gasteiger partial charge in [-0.25, -0.2) is 9.97 Å². The molecule has 3 aromatic carbocycles. The summed E-state index contributed by atoms with van der Waals surface area (Å²) in [5.41, 5.74) is 13.8. The summed E-state index contributed by atoms with van der Waals surface area (Å²) in [5.74, 6) is -0.182. The fraction of sp³-hybridized carbons (Fsp3) is 0.111. The zero-order valence-corrected chi connectivity index (χ0v) is 19.2. The molecule has 5 rings (SSSR count). The first-order valence-electron chi connectivity index (χ1n) is 11.0. The SMILES string of the molecule is Cc1cc(C)cc(NC(=O)c2c(N)n(/N=C/c3ccccc3C)c3nc4ccccc4nc23)c1. The van der Waals surface area contributed by atoms with E-state index in [0.717, 1.165) is 22.3 Å². The Balaban J connectivity index is 1.67. The number of carbonyl (C=O) groups is 1. The molecule has 0 spiro atoms. The van der Waals surface area contributed by atoms with Crippen LogP contribution in [0.4, 0.5) is 11.5 Å². The first-order valence-corrected chi connectivity index (χ1v) is 11.0. The Morgan fingerprint density at radius 1 is 0.941 bits per heavy atom. The second kappa shape index (κ2) is 8.44. The Morgan fingerprint density at radius 3 is 2.29 bits per heavy atom. The number of benzene rings is 3. The van der Waals surface area contributed by atoms with Gasteiger partial charge in [-0.15, -0.1) is 0 Å². The summed E-state index contributed by atoms with van der Waals surface area (Å²) in [4.78, 5) is 22.9. The number of nitrogens with one attached hydrogen (secondary N) is 1. The zero-order valence-electron chi connectivity index (χ0n) is 19.2. The Labute approximate surface area is 197 Å². The Bertz CT molecular complexity index is 1580. The normalized spacial score (nSPS) is 11.5. The molecule has 0 aliphatic carbocycles. The molecule has 7 heteroatoms. The van der Waals surface area contributed by atoms with Gasteiger partial charge >= 0.3 is 0 Å². The van der Waals surface area contributed by atoms with Crippen molar-refractivity contribution in [2.45, 2.75) is 20.8 Å². The van der Waals surface area contributed by atoms with E-state index in [0.29, 0.717) is 27.9 Å². The molecule has 0 aliphatic rings. The summed E-state index contributed by atoms with van der Waals surface area (Å²) in [6.07, 6.45) is 1.72. The molecule has 2 heterocycles. The average Bonchev–Trinajstić information content (AvgIpc) is 3.06. The Kier molecular flexibility index (Phi) is 5.30. The molecule has 0 aliphatic heterocycles. The van der Waals surface area contributed by atoms with E-state index in [1.54, 1.807) is 6.21 Å². The van der Waals surface area contributed by atoms with E-state index in [4.69, 9.17) is 15.7 Å². The van der Waals surface area contributed by atoms with E-state index in [1.165, 1.54) is 4.68 Å². The Hall–Kier alpha value is -4.52. The van der Waals surface area contributed by atoms with Crippen LogP contribution in [-0.4, -0.2) is 26.8 Å². The lowest BCUT2D eigenvalue weighted by molar-refractivity contribution is 0.102. The standard InChI is InChI=1S/C27H24N6O/c1-16-12-17(2)14-20(13-16)30-27(34)23-24-26(32-22-11-7-6-10-21(22)31-24)33(25(23)28)29-15-19-9-5-4-8-18(19)3/h4-15H,28H2,1-3H3,(H,30,34)/b29-15+. The highest BCUT2D eigenvalue weighted by Gasteiger charge is 2.24. The molecule has 0 atom stereocenters. The van der Waals surface area contributed by atoms with Crippen LogP contribution in [0.5, 0.6) is 0 Å². The fourth-order valence-corrected chi connectivity index (χ4v) is 4.08. The number of nitrogens with two attached hydrogens (primary N) is 1. The number of rotatable bonds is 4. The summed E-state index contributed by atoms with van der Waals surface area (Å²) in [6, 6.07) is 21.3. The van der Waals surface area contributed by atoms with Crippen molar-refractivity contribution in [3.63, 3.8) is 0 Å².